The van der Waals surface area contributed by atoms with Crippen molar-refractivity contribution < 1.29 is 4.79 Å². The topological polar surface area (TPSA) is 72.9 Å². The zero-order chi connectivity index (χ0) is 12.4. The van der Waals surface area contributed by atoms with Crippen molar-refractivity contribution in [2.24, 2.45) is 7.05 Å². The maximum Gasteiger partial charge on any atom is 0.271 e. The molecule has 1 amide bonds. The van der Waals surface area contributed by atoms with Gasteiger partial charge in [0.2, 0.25) is 0 Å². The second kappa shape index (κ2) is 4.77. The number of carbonyl (C=O) groups is 1. The minimum absolute atomic E-state index is 0.0995. The van der Waals surface area contributed by atoms with Crippen molar-refractivity contribution in [3.05, 3.63) is 11.4 Å². The molecule has 0 spiro atoms. The van der Waals surface area contributed by atoms with Crippen LogP contribution >= 0.6 is 0 Å². The normalized spacial score (nSPS) is 17.1. The van der Waals surface area contributed by atoms with Gasteiger partial charge in [-0.15, -0.1) is 0 Å². The van der Waals surface area contributed by atoms with Gasteiger partial charge < -0.3 is 11.1 Å². The molecule has 0 aliphatic heterocycles. The number of nitrogens with one attached hydrogen (secondary N) is 1. The van der Waals surface area contributed by atoms with Gasteiger partial charge >= 0.3 is 0 Å². The van der Waals surface area contributed by atoms with Crippen molar-refractivity contribution in [1.82, 2.24) is 15.1 Å². The molecule has 94 valence electrons. The van der Waals surface area contributed by atoms with Gasteiger partial charge in [0.25, 0.3) is 5.91 Å². The van der Waals surface area contributed by atoms with E-state index in [-0.39, 0.29) is 5.91 Å². The Kier molecular flexibility index (Phi) is 3.36. The zero-order valence-corrected chi connectivity index (χ0v) is 10.5. The lowest BCUT2D eigenvalue weighted by Crippen LogP contribution is -2.37. The van der Waals surface area contributed by atoms with E-state index in [0.717, 1.165) is 12.8 Å². The molecule has 0 bridgehead atoms. The largest absolute Gasteiger partial charge is 0.395 e. The summed E-state index contributed by atoms with van der Waals surface area (Å²) in [6.45, 7) is 1.81. The van der Waals surface area contributed by atoms with Crippen LogP contribution in [0.2, 0.25) is 0 Å². The van der Waals surface area contributed by atoms with Crippen molar-refractivity contribution in [2.45, 2.75) is 45.1 Å². The summed E-state index contributed by atoms with van der Waals surface area (Å²) in [5.41, 5.74) is 7.54. The number of nitrogen functional groups attached to an aromatic ring is 1. The Bertz CT molecular complexity index is 418. The maximum absolute atomic E-state index is 12.1. The van der Waals surface area contributed by atoms with E-state index in [4.69, 9.17) is 5.73 Å². The number of nitrogens with two attached hydrogens (primary N) is 1. The van der Waals surface area contributed by atoms with Crippen LogP contribution in [0.3, 0.4) is 0 Å². The van der Waals surface area contributed by atoms with Crippen LogP contribution in [-0.4, -0.2) is 21.7 Å². The number of hydrogen-bond acceptors (Lipinski definition) is 3. The third-order valence-electron chi connectivity index (χ3n) is 3.42. The molecule has 5 heteroatoms. The number of aryl methyl sites for hydroxylation is 2. The van der Waals surface area contributed by atoms with Gasteiger partial charge in [-0.25, -0.2) is 0 Å². The fourth-order valence-corrected chi connectivity index (χ4v) is 2.44. The molecule has 1 aromatic rings. The molecule has 1 saturated carbocycles. The van der Waals surface area contributed by atoms with E-state index in [1.807, 2.05) is 6.92 Å². The van der Waals surface area contributed by atoms with Gasteiger partial charge in [-0.1, -0.05) is 19.3 Å². The molecular weight excluding hydrogens is 216 g/mol. The summed E-state index contributed by atoms with van der Waals surface area (Å²) in [7, 11) is 1.75. The third-order valence-corrected chi connectivity index (χ3v) is 3.42. The molecule has 1 aliphatic rings. The number of rotatable bonds is 2. The molecule has 0 saturated heterocycles. The molecule has 0 unspecified atom stereocenters. The van der Waals surface area contributed by atoms with E-state index in [0.29, 0.717) is 23.1 Å². The highest BCUT2D eigenvalue weighted by Crippen LogP contribution is 2.19. The van der Waals surface area contributed by atoms with Gasteiger partial charge in [-0.3, -0.25) is 9.48 Å². The number of carbonyl (C=O) groups excluding carboxylic acids is 1. The Morgan fingerprint density at radius 2 is 2.06 bits per heavy atom. The Balaban J connectivity index is 2.08. The summed E-state index contributed by atoms with van der Waals surface area (Å²) < 4.78 is 1.56. The van der Waals surface area contributed by atoms with E-state index in [9.17, 15) is 4.79 Å². The molecule has 1 aromatic heterocycles. The van der Waals surface area contributed by atoms with Crippen LogP contribution in [0.1, 0.15) is 48.3 Å². The van der Waals surface area contributed by atoms with Crippen molar-refractivity contribution >= 4 is 11.6 Å². The minimum Gasteiger partial charge on any atom is -0.395 e. The van der Waals surface area contributed by atoms with Crippen LogP contribution in [0, 0.1) is 6.92 Å². The van der Waals surface area contributed by atoms with Crippen molar-refractivity contribution in [1.29, 1.82) is 0 Å². The van der Waals surface area contributed by atoms with Gasteiger partial charge in [-0.05, 0) is 19.8 Å². The standard InChI is InChI=1S/C12H20N4O/c1-8-10(13)11(16(2)15-8)12(17)14-9-6-4-3-5-7-9/h9H,3-7,13H2,1-2H3,(H,14,17). The van der Waals surface area contributed by atoms with E-state index < -0.39 is 0 Å². The third kappa shape index (κ3) is 2.43. The van der Waals surface area contributed by atoms with Gasteiger partial charge in [0, 0.05) is 13.1 Å². The Morgan fingerprint density at radius 1 is 1.41 bits per heavy atom. The monoisotopic (exact) mass is 236 g/mol. The summed E-state index contributed by atoms with van der Waals surface area (Å²) >= 11 is 0. The number of amides is 1. The van der Waals surface area contributed by atoms with Gasteiger partial charge in [0.15, 0.2) is 0 Å². The summed E-state index contributed by atoms with van der Waals surface area (Å²) in [6, 6.07) is 0.297. The first-order valence-electron chi connectivity index (χ1n) is 6.19. The van der Waals surface area contributed by atoms with Crippen LogP contribution in [0.15, 0.2) is 0 Å². The molecule has 3 N–H and O–H groups in total. The van der Waals surface area contributed by atoms with E-state index in [2.05, 4.69) is 10.4 Å². The van der Waals surface area contributed by atoms with E-state index in [1.165, 1.54) is 19.3 Å². The lowest BCUT2D eigenvalue weighted by atomic mass is 9.95. The SMILES string of the molecule is Cc1nn(C)c(C(=O)NC2CCCCC2)c1N. The average Bonchev–Trinajstić information content (AvgIpc) is 2.54. The molecule has 0 aromatic carbocycles. The molecule has 0 atom stereocenters. The fraction of sp³-hybridized carbons (Fsp3) is 0.667. The average molecular weight is 236 g/mol. The highest BCUT2D eigenvalue weighted by atomic mass is 16.2. The van der Waals surface area contributed by atoms with E-state index >= 15 is 0 Å². The summed E-state index contributed by atoms with van der Waals surface area (Å²) in [4.78, 5) is 12.1. The van der Waals surface area contributed by atoms with Crippen molar-refractivity contribution in [2.75, 3.05) is 5.73 Å². The van der Waals surface area contributed by atoms with Crippen molar-refractivity contribution in [3.8, 4) is 0 Å². The number of anilines is 1. The molecule has 1 fully saturated rings. The van der Waals surface area contributed by atoms with Crippen LogP contribution in [-0.2, 0) is 7.05 Å². The molecular formula is C12H20N4O. The predicted octanol–water partition coefficient (Wildman–Crippen LogP) is 1.37. The first-order chi connectivity index (χ1) is 8.09. The highest BCUT2D eigenvalue weighted by molar-refractivity contribution is 5.98. The summed E-state index contributed by atoms with van der Waals surface area (Å²) in [6.07, 6.45) is 5.82. The number of aromatic nitrogens is 2. The molecule has 1 heterocycles. The molecule has 17 heavy (non-hydrogen) atoms. The first kappa shape index (κ1) is 12.0. The molecule has 0 radical (unpaired) electrons. The van der Waals surface area contributed by atoms with Crippen molar-refractivity contribution in [3.63, 3.8) is 0 Å². The van der Waals surface area contributed by atoms with E-state index in [1.54, 1.807) is 11.7 Å². The zero-order valence-electron chi connectivity index (χ0n) is 10.5. The fourth-order valence-electron chi connectivity index (χ4n) is 2.44. The Hall–Kier alpha value is -1.52. The second-order valence-corrected chi connectivity index (χ2v) is 4.78. The van der Waals surface area contributed by atoms with Crippen LogP contribution < -0.4 is 11.1 Å². The number of hydrogen-bond donors (Lipinski definition) is 2. The molecule has 2 rings (SSSR count). The Labute approximate surface area is 101 Å². The minimum atomic E-state index is -0.0995. The van der Waals surface area contributed by atoms with Gasteiger partial charge in [-0.2, -0.15) is 5.10 Å². The van der Waals surface area contributed by atoms with Crippen LogP contribution in [0.5, 0.6) is 0 Å². The lowest BCUT2D eigenvalue weighted by Gasteiger charge is -2.22. The van der Waals surface area contributed by atoms with Crippen LogP contribution in [0.4, 0.5) is 5.69 Å². The first-order valence-corrected chi connectivity index (χ1v) is 6.19. The highest BCUT2D eigenvalue weighted by Gasteiger charge is 2.21. The maximum atomic E-state index is 12.1. The molecule has 5 nitrogen and oxygen atoms in total. The summed E-state index contributed by atoms with van der Waals surface area (Å²) in [5, 5.41) is 7.21. The lowest BCUT2D eigenvalue weighted by molar-refractivity contribution is 0.0919. The second-order valence-electron chi connectivity index (χ2n) is 4.78. The summed E-state index contributed by atoms with van der Waals surface area (Å²) in [5.74, 6) is -0.0995. The van der Waals surface area contributed by atoms with Gasteiger partial charge in [0.1, 0.15) is 5.69 Å². The number of nitrogens with zero attached hydrogens (tertiary/aromatic N) is 2. The molecule has 1 aliphatic carbocycles. The quantitative estimate of drug-likeness (QED) is 0.814. The Morgan fingerprint density at radius 3 is 2.59 bits per heavy atom. The smallest absolute Gasteiger partial charge is 0.271 e. The van der Waals surface area contributed by atoms with Crippen LogP contribution in [0.25, 0.3) is 0 Å². The van der Waals surface area contributed by atoms with Gasteiger partial charge in [0.05, 0.1) is 11.4 Å². The predicted molar refractivity (Wildman–Crippen MR) is 66.7 cm³/mol.